The molecule has 0 unspecified atom stereocenters. The maximum absolute atomic E-state index is 13.4. The van der Waals surface area contributed by atoms with Crippen LogP contribution in [0.5, 0.6) is 0 Å². The molecule has 2 aromatic carbocycles. The normalized spacial score (nSPS) is 20.7. The summed E-state index contributed by atoms with van der Waals surface area (Å²) in [4.78, 5) is 20.4. The van der Waals surface area contributed by atoms with Crippen LogP contribution in [-0.2, 0) is 16.6 Å². The van der Waals surface area contributed by atoms with Gasteiger partial charge in [0.05, 0.1) is 17.1 Å². The van der Waals surface area contributed by atoms with Gasteiger partial charge in [-0.05, 0) is 61.5 Å². The predicted octanol–water partition coefficient (Wildman–Crippen LogP) is 3.93. The highest BCUT2D eigenvalue weighted by Gasteiger charge is 2.52. The molecule has 1 amide bonds. The fraction of sp³-hybridized carbons (Fsp3) is 0.417. The zero-order chi connectivity index (χ0) is 19.0. The predicted molar refractivity (Wildman–Crippen MR) is 112 cm³/mol. The fourth-order valence-corrected chi connectivity index (χ4v) is 4.61. The Morgan fingerprint density at radius 2 is 1.89 bits per heavy atom. The van der Waals surface area contributed by atoms with Crippen LogP contribution in [0.4, 0.5) is 5.69 Å². The van der Waals surface area contributed by atoms with Crippen molar-refractivity contribution in [1.29, 1.82) is 0 Å². The van der Waals surface area contributed by atoms with Gasteiger partial charge in [-0.15, -0.1) is 0 Å². The molecule has 2 aromatic rings. The summed E-state index contributed by atoms with van der Waals surface area (Å²) in [6.07, 6.45) is 7.22. The van der Waals surface area contributed by atoms with Gasteiger partial charge in [-0.25, -0.2) is 0 Å². The van der Waals surface area contributed by atoms with Crippen molar-refractivity contribution >= 4 is 17.8 Å². The number of fused-ring (bicyclic) bond motifs is 1. The Balaban J connectivity index is 1.37. The molecule has 1 saturated carbocycles. The molecular weight excluding hydrogens is 346 g/mol. The molecule has 144 valence electrons. The van der Waals surface area contributed by atoms with Crippen molar-refractivity contribution < 1.29 is 4.79 Å². The standard InChI is InChI=1S/C24H27N3O/c28-23(24(11-12-24)20-9-8-19-10-13-25-21(19)16-20)26-22(17-27-14-4-5-15-27)18-6-2-1-3-7-18/h1-3,6-9,13,16,22H,4-5,10-12,14-15,17H2,(H,26,28)/t22-/m1/s1. The number of benzene rings is 2. The van der Waals surface area contributed by atoms with E-state index < -0.39 is 0 Å². The quantitative estimate of drug-likeness (QED) is 0.834. The molecule has 28 heavy (non-hydrogen) atoms. The van der Waals surface area contributed by atoms with E-state index in [1.54, 1.807) is 0 Å². The first-order chi connectivity index (χ1) is 13.7. The van der Waals surface area contributed by atoms with Crippen LogP contribution in [0.25, 0.3) is 0 Å². The van der Waals surface area contributed by atoms with Gasteiger partial charge in [-0.2, -0.15) is 0 Å². The van der Waals surface area contributed by atoms with Gasteiger partial charge in [0.2, 0.25) is 5.91 Å². The molecule has 1 aliphatic carbocycles. The molecule has 1 atom stereocenters. The highest BCUT2D eigenvalue weighted by Crippen LogP contribution is 2.50. The lowest BCUT2D eigenvalue weighted by molar-refractivity contribution is -0.124. The minimum Gasteiger partial charge on any atom is -0.347 e. The van der Waals surface area contributed by atoms with E-state index in [1.807, 2.05) is 12.3 Å². The first-order valence-electron chi connectivity index (χ1n) is 10.5. The summed E-state index contributed by atoms with van der Waals surface area (Å²) in [5.41, 5.74) is 4.24. The van der Waals surface area contributed by atoms with Gasteiger partial charge < -0.3 is 10.2 Å². The van der Waals surface area contributed by atoms with Crippen molar-refractivity contribution in [2.45, 2.75) is 43.6 Å². The van der Waals surface area contributed by atoms with E-state index in [-0.39, 0.29) is 17.4 Å². The molecule has 3 aliphatic rings. The monoisotopic (exact) mass is 373 g/mol. The molecule has 1 saturated heterocycles. The van der Waals surface area contributed by atoms with Crippen molar-refractivity contribution in [3.63, 3.8) is 0 Å². The van der Waals surface area contributed by atoms with Gasteiger partial charge in [0.15, 0.2) is 0 Å². The zero-order valence-electron chi connectivity index (χ0n) is 16.2. The highest BCUT2D eigenvalue weighted by molar-refractivity contribution is 5.92. The third-order valence-corrected chi connectivity index (χ3v) is 6.51. The molecule has 0 spiro atoms. The highest BCUT2D eigenvalue weighted by atomic mass is 16.2. The number of nitrogens with zero attached hydrogens (tertiary/aromatic N) is 2. The number of likely N-dealkylation sites (tertiary alicyclic amines) is 1. The number of amides is 1. The first-order valence-corrected chi connectivity index (χ1v) is 10.5. The second kappa shape index (κ2) is 7.17. The van der Waals surface area contributed by atoms with Crippen molar-refractivity contribution in [3.05, 3.63) is 65.2 Å². The van der Waals surface area contributed by atoms with E-state index in [0.717, 1.165) is 50.1 Å². The number of rotatable bonds is 6. The van der Waals surface area contributed by atoms with Gasteiger partial charge in [-0.3, -0.25) is 9.79 Å². The Morgan fingerprint density at radius 1 is 1.11 bits per heavy atom. The molecule has 2 aliphatic heterocycles. The average Bonchev–Trinajstić information content (AvgIpc) is 3.14. The third kappa shape index (κ3) is 3.26. The summed E-state index contributed by atoms with van der Waals surface area (Å²) >= 11 is 0. The molecule has 0 radical (unpaired) electrons. The maximum atomic E-state index is 13.4. The number of hydrogen-bond donors (Lipinski definition) is 1. The van der Waals surface area contributed by atoms with Crippen LogP contribution >= 0.6 is 0 Å². The minimum absolute atomic E-state index is 0.0386. The Hall–Kier alpha value is -2.46. The van der Waals surface area contributed by atoms with Gasteiger partial charge in [0.1, 0.15) is 0 Å². The Kier molecular flexibility index (Phi) is 4.52. The van der Waals surface area contributed by atoms with Crippen molar-refractivity contribution in [1.82, 2.24) is 10.2 Å². The summed E-state index contributed by atoms with van der Waals surface area (Å²) in [6, 6.07) is 16.9. The van der Waals surface area contributed by atoms with Crippen molar-refractivity contribution in [2.75, 3.05) is 19.6 Å². The number of nitrogens with one attached hydrogen (secondary N) is 1. The smallest absolute Gasteiger partial charge is 0.231 e. The number of carbonyl (C=O) groups is 1. The van der Waals surface area contributed by atoms with Crippen LogP contribution in [0.1, 0.15) is 48.4 Å². The number of carbonyl (C=O) groups excluding carboxylic acids is 1. The second-order valence-electron chi connectivity index (χ2n) is 8.39. The van der Waals surface area contributed by atoms with Crippen LogP contribution in [0, 0.1) is 0 Å². The van der Waals surface area contributed by atoms with Crippen molar-refractivity contribution in [2.24, 2.45) is 4.99 Å². The Labute approximate surface area is 166 Å². The molecule has 4 nitrogen and oxygen atoms in total. The first kappa shape index (κ1) is 17.6. The van der Waals surface area contributed by atoms with Crippen LogP contribution in [0.2, 0.25) is 0 Å². The minimum atomic E-state index is -0.370. The average molecular weight is 374 g/mol. The zero-order valence-corrected chi connectivity index (χ0v) is 16.2. The van der Waals surface area contributed by atoms with Crippen LogP contribution in [-0.4, -0.2) is 36.7 Å². The lowest BCUT2D eigenvalue weighted by Gasteiger charge is -2.27. The SMILES string of the molecule is O=C(N[C@H](CN1CCCC1)c1ccccc1)C1(c2ccc3c(c2)N=CC3)CC1. The third-order valence-electron chi connectivity index (χ3n) is 6.51. The van der Waals surface area contributed by atoms with E-state index in [2.05, 4.69) is 57.7 Å². The summed E-state index contributed by atoms with van der Waals surface area (Å²) < 4.78 is 0. The number of aliphatic imine (C=N–C) groups is 1. The van der Waals surface area contributed by atoms with Crippen molar-refractivity contribution in [3.8, 4) is 0 Å². The van der Waals surface area contributed by atoms with E-state index in [4.69, 9.17) is 0 Å². The van der Waals surface area contributed by atoms with Gasteiger partial charge >= 0.3 is 0 Å². The summed E-state index contributed by atoms with van der Waals surface area (Å²) in [6.45, 7) is 3.15. The second-order valence-corrected chi connectivity index (χ2v) is 8.39. The van der Waals surface area contributed by atoms with Gasteiger partial charge in [0.25, 0.3) is 0 Å². The molecule has 1 N–H and O–H groups in total. The van der Waals surface area contributed by atoms with Gasteiger partial charge in [0, 0.05) is 19.2 Å². The molecule has 2 heterocycles. The number of hydrogen-bond acceptors (Lipinski definition) is 3. The summed E-state index contributed by atoms with van der Waals surface area (Å²) in [5, 5.41) is 3.41. The molecule has 0 bridgehead atoms. The molecule has 2 fully saturated rings. The summed E-state index contributed by atoms with van der Waals surface area (Å²) in [5.74, 6) is 0.169. The molecule has 0 aromatic heterocycles. The van der Waals surface area contributed by atoms with Crippen LogP contribution in [0.3, 0.4) is 0 Å². The molecule has 5 rings (SSSR count). The van der Waals surface area contributed by atoms with E-state index in [0.29, 0.717) is 0 Å². The van der Waals surface area contributed by atoms with Gasteiger partial charge in [-0.1, -0.05) is 42.5 Å². The fourth-order valence-electron chi connectivity index (χ4n) is 4.61. The lowest BCUT2D eigenvalue weighted by Crippen LogP contribution is -2.41. The topological polar surface area (TPSA) is 44.7 Å². The van der Waals surface area contributed by atoms with Crippen LogP contribution in [0.15, 0.2) is 53.5 Å². The maximum Gasteiger partial charge on any atom is 0.231 e. The van der Waals surface area contributed by atoms with E-state index in [1.165, 1.54) is 24.0 Å². The van der Waals surface area contributed by atoms with E-state index >= 15 is 0 Å². The molecule has 4 heteroatoms. The molecular formula is C24H27N3O. The largest absolute Gasteiger partial charge is 0.347 e. The Morgan fingerprint density at radius 3 is 2.64 bits per heavy atom. The van der Waals surface area contributed by atoms with E-state index in [9.17, 15) is 4.79 Å². The summed E-state index contributed by atoms with van der Waals surface area (Å²) in [7, 11) is 0. The lowest BCUT2D eigenvalue weighted by atomic mass is 9.92. The Bertz CT molecular complexity index is 895. The van der Waals surface area contributed by atoms with Crippen LogP contribution < -0.4 is 5.32 Å².